The van der Waals surface area contributed by atoms with Crippen LogP contribution in [0, 0.1) is 0 Å². The molecule has 1 atom stereocenters. The lowest BCUT2D eigenvalue weighted by Gasteiger charge is -2.22. The highest BCUT2D eigenvalue weighted by molar-refractivity contribution is 5.28. The zero-order chi connectivity index (χ0) is 12.1. The van der Waals surface area contributed by atoms with Crippen LogP contribution in [-0.4, -0.2) is 18.3 Å². The van der Waals surface area contributed by atoms with E-state index in [0.717, 1.165) is 11.5 Å². The number of aliphatic hydroxyl groups is 1. The van der Waals surface area contributed by atoms with Crippen LogP contribution in [0.25, 0.3) is 0 Å². The van der Waals surface area contributed by atoms with Gasteiger partial charge in [-0.2, -0.15) is 0 Å². The summed E-state index contributed by atoms with van der Waals surface area (Å²) >= 11 is 0. The van der Waals surface area contributed by atoms with E-state index in [4.69, 9.17) is 5.73 Å². The van der Waals surface area contributed by atoms with E-state index in [1.54, 1.807) is 0 Å². The second-order valence-electron chi connectivity index (χ2n) is 5.12. The van der Waals surface area contributed by atoms with Crippen molar-refractivity contribution in [1.82, 2.24) is 0 Å². The molecule has 2 rings (SSSR count). The summed E-state index contributed by atoms with van der Waals surface area (Å²) in [5.41, 5.74) is 8.26. The Hall–Kier alpha value is -0.860. The third kappa shape index (κ3) is 3.08. The second kappa shape index (κ2) is 6.18. The van der Waals surface area contributed by atoms with Crippen molar-refractivity contribution in [2.45, 2.75) is 43.9 Å². The molecule has 0 amide bonds. The van der Waals surface area contributed by atoms with Gasteiger partial charge in [0.05, 0.1) is 6.61 Å². The van der Waals surface area contributed by atoms with Gasteiger partial charge in [-0.15, -0.1) is 0 Å². The van der Waals surface area contributed by atoms with Crippen LogP contribution in [0.3, 0.4) is 0 Å². The molecule has 1 unspecified atom stereocenters. The summed E-state index contributed by atoms with van der Waals surface area (Å²) < 4.78 is 0. The maximum atomic E-state index is 9.22. The Labute approximate surface area is 104 Å². The lowest BCUT2D eigenvalue weighted by atomic mass is 9.83. The molecule has 1 saturated carbocycles. The van der Waals surface area contributed by atoms with E-state index in [-0.39, 0.29) is 12.5 Å². The van der Waals surface area contributed by atoms with Gasteiger partial charge in [-0.3, -0.25) is 0 Å². The SMILES string of the molecule is NCC(CO)c1ccc(C2CCCCC2)cc1. The molecule has 0 spiro atoms. The van der Waals surface area contributed by atoms with E-state index in [1.807, 2.05) is 0 Å². The highest BCUT2D eigenvalue weighted by atomic mass is 16.3. The van der Waals surface area contributed by atoms with Crippen molar-refractivity contribution >= 4 is 0 Å². The van der Waals surface area contributed by atoms with Gasteiger partial charge in [0.15, 0.2) is 0 Å². The molecule has 1 aromatic carbocycles. The minimum atomic E-state index is 0.0930. The molecule has 0 aliphatic heterocycles. The number of nitrogens with two attached hydrogens (primary N) is 1. The first-order chi connectivity index (χ1) is 8.35. The summed E-state index contributed by atoms with van der Waals surface area (Å²) in [5.74, 6) is 0.846. The molecular weight excluding hydrogens is 210 g/mol. The van der Waals surface area contributed by atoms with Crippen molar-refractivity contribution in [1.29, 1.82) is 0 Å². The fraction of sp³-hybridized carbons (Fsp3) is 0.600. The molecule has 0 heterocycles. The molecule has 0 radical (unpaired) electrons. The van der Waals surface area contributed by atoms with Gasteiger partial charge in [-0.05, 0) is 29.9 Å². The van der Waals surface area contributed by atoms with E-state index >= 15 is 0 Å². The number of hydrogen-bond donors (Lipinski definition) is 2. The first kappa shape index (κ1) is 12.6. The Morgan fingerprint density at radius 3 is 2.29 bits per heavy atom. The molecule has 0 aromatic heterocycles. The van der Waals surface area contributed by atoms with Gasteiger partial charge >= 0.3 is 0 Å². The summed E-state index contributed by atoms with van der Waals surface area (Å²) in [6.45, 7) is 0.651. The summed E-state index contributed by atoms with van der Waals surface area (Å²) in [5, 5.41) is 9.22. The fourth-order valence-corrected chi connectivity index (χ4v) is 2.79. The average Bonchev–Trinajstić information content (AvgIpc) is 2.42. The zero-order valence-corrected chi connectivity index (χ0v) is 10.4. The van der Waals surface area contributed by atoms with Gasteiger partial charge in [0, 0.05) is 12.5 Å². The van der Waals surface area contributed by atoms with Crippen molar-refractivity contribution in [2.75, 3.05) is 13.2 Å². The fourth-order valence-electron chi connectivity index (χ4n) is 2.79. The van der Waals surface area contributed by atoms with Crippen molar-refractivity contribution in [2.24, 2.45) is 5.73 Å². The second-order valence-corrected chi connectivity index (χ2v) is 5.12. The average molecular weight is 233 g/mol. The standard InChI is InChI=1S/C15H23NO/c16-10-15(11-17)14-8-6-13(7-9-14)12-4-2-1-3-5-12/h6-9,12,15,17H,1-5,10-11,16H2. The van der Waals surface area contributed by atoms with E-state index in [1.165, 1.54) is 37.7 Å². The minimum absolute atomic E-state index is 0.0930. The van der Waals surface area contributed by atoms with E-state index in [2.05, 4.69) is 24.3 Å². The quantitative estimate of drug-likeness (QED) is 0.840. The lowest BCUT2D eigenvalue weighted by molar-refractivity contribution is 0.268. The smallest absolute Gasteiger partial charge is 0.0511 e. The van der Waals surface area contributed by atoms with Crippen LogP contribution in [0.1, 0.15) is 55.1 Å². The molecule has 94 valence electrons. The summed E-state index contributed by atoms with van der Waals surface area (Å²) in [4.78, 5) is 0. The van der Waals surface area contributed by atoms with Gasteiger partial charge in [-0.25, -0.2) is 0 Å². The van der Waals surface area contributed by atoms with Crippen LogP contribution >= 0.6 is 0 Å². The van der Waals surface area contributed by atoms with Gasteiger partial charge in [-0.1, -0.05) is 43.5 Å². The Kier molecular flexibility index (Phi) is 4.57. The maximum Gasteiger partial charge on any atom is 0.0511 e. The number of aliphatic hydroxyl groups excluding tert-OH is 1. The van der Waals surface area contributed by atoms with Crippen LogP contribution in [-0.2, 0) is 0 Å². The number of benzene rings is 1. The minimum Gasteiger partial charge on any atom is -0.396 e. The van der Waals surface area contributed by atoms with Crippen LogP contribution in [0.15, 0.2) is 24.3 Å². The molecule has 3 N–H and O–H groups in total. The molecule has 1 aliphatic rings. The van der Waals surface area contributed by atoms with Gasteiger partial charge in [0.2, 0.25) is 0 Å². The van der Waals surface area contributed by atoms with Crippen molar-refractivity contribution in [3.8, 4) is 0 Å². The molecule has 0 bridgehead atoms. The first-order valence-corrected chi connectivity index (χ1v) is 6.76. The molecule has 1 fully saturated rings. The molecule has 2 heteroatoms. The Bertz CT molecular complexity index is 323. The van der Waals surface area contributed by atoms with Crippen LogP contribution in [0.2, 0.25) is 0 Å². The van der Waals surface area contributed by atoms with Crippen LogP contribution in [0.4, 0.5) is 0 Å². The Morgan fingerprint density at radius 2 is 1.76 bits per heavy atom. The van der Waals surface area contributed by atoms with Gasteiger partial charge < -0.3 is 10.8 Å². The monoisotopic (exact) mass is 233 g/mol. The summed E-state index contributed by atoms with van der Waals surface area (Å²) in [7, 11) is 0. The van der Waals surface area contributed by atoms with Crippen LogP contribution < -0.4 is 5.73 Å². The van der Waals surface area contributed by atoms with Gasteiger partial charge in [0.25, 0.3) is 0 Å². The third-order valence-corrected chi connectivity index (χ3v) is 3.99. The molecule has 1 aromatic rings. The van der Waals surface area contributed by atoms with Crippen molar-refractivity contribution in [3.05, 3.63) is 35.4 Å². The third-order valence-electron chi connectivity index (χ3n) is 3.99. The molecule has 0 saturated heterocycles. The summed E-state index contributed by atoms with van der Waals surface area (Å²) in [6.07, 6.45) is 6.80. The number of rotatable bonds is 4. The largest absolute Gasteiger partial charge is 0.396 e. The van der Waals surface area contributed by atoms with E-state index in [9.17, 15) is 5.11 Å². The highest BCUT2D eigenvalue weighted by Crippen LogP contribution is 2.33. The molecule has 2 nitrogen and oxygen atoms in total. The Morgan fingerprint density at radius 1 is 1.12 bits per heavy atom. The molecule has 1 aliphatic carbocycles. The molecular formula is C15H23NO. The lowest BCUT2D eigenvalue weighted by Crippen LogP contribution is -2.16. The Balaban J connectivity index is 2.06. The first-order valence-electron chi connectivity index (χ1n) is 6.76. The van der Waals surface area contributed by atoms with Gasteiger partial charge in [0.1, 0.15) is 0 Å². The van der Waals surface area contributed by atoms with E-state index in [0.29, 0.717) is 6.54 Å². The van der Waals surface area contributed by atoms with Crippen molar-refractivity contribution in [3.63, 3.8) is 0 Å². The topological polar surface area (TPSA) is 46.2 Å². The van der Waals surface area contributed by atoms with Crippen molar-refractivity contribution < 1.29 is 5.11 Å². The van der Waals surface area contributed by atoms with E-state index < -0.39 is 0 Å². The molecule has 17 heavy (non-hydrogen) atoms. The normalized spacial score (nSPS) is 19.2. The highest BCUT2D eigenvalue weighted by Gasteiger charge is 2.16. The maximum absolute atomic E-state index is 9.22. The zero-order valence-electron chi connectivity index (χ0n) is 10.4. The van der Waals surface area contributed by atoms with Crippen LogP contribution in [0.5, 0.6) is 0 Å². The summed E-state index contributed by atoms with van der Waals surface area (Å²) in [6, 6.07) is 8.72. The predicted molar refractivity (Wildman–Crippen MR) is 71.1 cm³/mol. The predicted octanol–water partition coefficient (Wildman–Crippen LogP) is 2.77. The number of hydrogen-bond acceptors (Lipinski definition) is 2.